The molecule has 0 bridgehead atoms. The van der Waals surface area contributed by atoms with Gasteiger partial charge in [0.05, 0.1) is 24.7 Å². The molecule has 2 rings (SSSR count). The number of rotatable bonds is 1. The van der Waals surface area contributed by atoms with Gasteiger partial charge in [0, 0.05) is 0 Å². The van der Waals surface area contributed by atoms with Crippen LogP contribution in [-0.4, -0.2) is 31.2 Å². The molecule has 0 spiro atoms. The maximum absolute atomic E-state index is 6.19. The van der Waals surface area contributed by atoms with E-state index in [4.69, 9.17) is 16.3 Å². The second kappa shape index (κ2) is 3.78. The van der Waals surface area contributed by atoms with Crippen molar-refractivity contribution in [3.8, 4) is 0 Å². The zero-order valence-electron chi connectivity index (χ0n) is 9.40. The van der Waals surface area contributed by atoms with Gasteiger partial charge in [-0.3, -0.25) is 4.48 Å². The van der Waals surface area contributed by atoms with Crippen LogP contribution in [0.15, 0.2) is 24.3 Å². The molecule has 1 aliphatic rings. The Morgan fingerprint density at radius 2 is 2.00 bits per heavy atom. The van der Waals surface area contributed by atoms with Crippen LogP contribution >= 0.6 is 11.6 Å². The van der Waals surface area contributed by atoms with E-state index in [0.717, 1.165) is 21.7 Å². The van der Waals surface area contributed by atoms with Crippen LogP contribution in [-0.2, 0) is 4.74 Å². The summed E-state index contributed by atoms with van der Waals surface area (Å²) in [6, 6.07) is 8.43. The van der Waals surface area contributed by atoms with Crippen molar-refractivity contribution < 1.29 is 9.22 Å². The number of halogens is 1. The number of likely N-dealkylation sites (N-methyl/N-ethyl adjacent to an activating group) is 1. The smallest absolute Gasteiger partial charge is 0.221 e. The fourth-order valence-electron chi connectivity index (χ4n) is 1.97. The van der Waals surface area contributed by atoms with E-state index in [1.165, 1.54) is 0 Å². The molecule has 1 aliphatic heterocycles. The number of ether oxygens (including phenoxy) is 1. The average molecular weight is 227 g/mol. The Bertz CT molecular complexity index is 364. The summed E-state index contributed by atoms with van der Waals surface area (Å²) < 4.78 is 6.67. The van der Waals surface area contributed by atoms with E-state index in [2.05, 4.69) is 21.0 Å². The maximum atomic E-state index is 6.19. The van der Waals surface area contributed by atoms with Crippen molar-refractivity contribution in [1.82, 2.24) is 0 Å². The average Bonchev–Trinajstić information content (AvgIpc) is 2.44. The van der Waals surface area contributed by atoms with Crippen molar-refractivity contribution in [3.05, 3.63) is 34.9 Å². The zero-order chi connectivity index (χ0) is 11.1. The van der Waals surface area contributed by atoms with Gasteiger partial charge in [-0.25, -0.2) is 0 Å². The second-order valence-corrected chi connectivity index (χ2v) is 5.09. The Morgan fingerprint density at radius 3 is 2.53 bits per heavy atom. The summed E-state index contributed by atoms with van der Waals surface area (Å²) in [4.78, 5) is 0. The van der Waals surface area contributed by atoms with Gasteiger partial charge < -0.3 is 4.74 Å². The van der Waals surface area contributed by atoms with Crippen LogP contribution in [0.1, 0.15) is 18.7 Å². The highest BCUT2D eigenvalue weighted by molar-refractivity contribution is 6.31. The van der Waals surface area contributed by atoms with Gasteiger partial charge in [-0.15, -0.1) is 0 Å². The highest BCUT2D eigenvalue weighted by Gasteiger charge is 2.43. The van der Waals surface area contributed by atoms with E-state index in [1.54, 1.807) is 0 Å². The summed E-state index contributed by atoms with van der Waals surface area (Å²) in [6.07, 6.45) is 0.0636. The number of hydrogen-bond acceptors (Lipinski definition) is 1. The largest absolute Gasteiger partial charge is 0.319 e. The lowest BCUT2D eigenvalue weighted by Gasteiger charge is -2.33. The fraction of sp³-hybridized carbons (Fsp3) is 0.500. The van der Waals surface area contributed by atoms with Gasteiger partial charge in [-0.2, -0.15) is 0 Å². The topological polar surface area (TPSA) is 9.23 Å². The fourth-order valence-corrected chi connectivity index (χ4v) is 2.20. The molecule has 2 nitrogen and oxygen atoms in total. The van der Waals surface area contributed by atoms with Crippen LogP contribution in [0.2, 0.25) is 5.02 Å². The summed E-state index contributed by atoms with van der Waals surface area (Å²) >= 11 is 6.19. The van der Waals surface area contributed by atoms with Crippen LogP contribution in [0.5, 0.6) is 0 Å². The van der Waals surface area contributed by atoms with Crippen LogP contribution < -0.4 is 0 Å². The molecule has 1 heterocycles. The normalized spacial score (nSPS) is 29.3. The van der Waals surface area contributed by atoms with E-state index in [1.807, 2.05) is 24.3 Å². The van der Waals surface area contributed by atoms with Crippen molar-refractivity contribution in [3.63, 3.8) is 0 Å². The number of benzene rings is 1. The first-order valence-corrected chi connectivity index (χ1v) is 5.60. The Morgan fingerprint density at radius 1 is 1.33 bits per heavy atom. The molecule has 0 aromatic heterocycles. The van der Waals surface area contributed by atoms with Gasteiger partial charge >= 0.3 is 0 Å². The second-order valence-electron chi connectivity index (χ2n) is 4.69. The lowest BCUT2D eigenvalue weighted by molar-refractivity contribution is -0.940. The Balaban J connectivity index is 2.37. The minimum atomic E-state index is 0.0636. The summed E-state index contributed by atoms with van der Waals surface area (Å²) in [5.74, 6) is 0. The van der Waals surface area contributed by atoms with Crippen molar-refractivity contribution in [1.29, 1.82) is 0 Å². The third-order valence-electron chi connectivity index (χ3n) is 3.41. The zero-order valence-corrected chi connectivity index (χ0v) is 10.2. The summed E-state index contributed by atoms with van der Waals surface area (Å²) in [7, 11) is 4.37. The molecule has 82 valence electrons. The van der Waals surface area contributed by atoms with Crippen molar-refractivity contribution >= 4 is 11.6 Å². The number of hydrogen-bond donors (Lipinski definition) is 0. The van der Waals surface area contributed by atoms with E-state index in [9.17, 15) is 0 Å². The molecule has 1 aromatic rings. The van der Waals surface area contributed by atoms with Crippen molar-refractivity contribution in [2.24, 2.45) is 0 Å². The standard InChI is InChI=1S/C12H17ClNO/c1-9-8-15-12(14(9,2)3)10-6-4-5-7-11(10)13/h4-7,9,12H,8H2,1-3H3/q+1. The molecule has 15 heavy (non-hydrogen) atoms. The van der Waals surface area contributed by atoms with E-state index >= 15 is 0 Å². The molecular formula is C12H17ClNO+. The monoisotopic (exact) mass is 226 g/mol. The van der Waals surface area contributed by atoms with Crippen molar-refractivity contribution in [2.75, 3.05) is 20.7 Å². The summed E-state index contributed by atoms with van der Waals surface area (Å²) in [6.45, 7) is 3.00. The third kappa shape index (κ3) is 1.78. The van der Waals surface area contributed by atoms with Gasteiger partial charge in [0.1, 0.15) is 12.6 Å². The Kier molecular flexibility index (Phi) is 2.75. The lowest BCUT2D eigenvalue weighted by Crippen LogP contribution is -2.45. The highest BCUT2D eigenvalue weighted by Crippen LogP contribution is 2.37. The van der Waals surface area contributed by atoms with E-state index in [0.29, 0.717) is 6.04 Å². The van der Waals surface area contributed by atoms with Crippen LogP contribution in [0.3, 0.4) is 0 Å². The molecule has 2 unspecified atom stereocenters. The van der Waals surface area contributed by atoms with Gasteiger partial charge in [-0.1, -0.05) is 23.7 Å². The van der Waals surface area contributed by atoms with Gasteiger partial charge in [0.15, 0.2) is 0 Å². The molecule has 0 radical (unpaired) electrons. The van der Waals surface area contributed by atoms with Crippen LogP contribution in [0, 0.1) is 0 Å². The van der Waals surface area contributed by atoms with Crippen molar-refractivity contribution in [2.45, 2.75) is 19.2 Å². The van der Waals surface area contributed by atoms with E-state index < -0.39 is 0 Å². The highest BCUT2D eigenvalue weighted by atomic mass is 35.5. The first kappa shape index (κ1) is 10.9. The SMILES string of the molecule is CC1COC(c2ccccc2Cl)[N+]1(C)C. The Hall–Kier alpha value is -0.570. The van der Waals surface area contributed by atoms with Gasteiger partial charge in [-0.05, 0) is 19.1 Å². The third-order valence-corrected chi connectivity index (χ3v) is 3.75. The molecule has 0 N–H and O–H groups in total. The molecule has 1 fully saturated rings. The van der Waals surface area contributed by atoms with Gasteiger partial charge in [0.2, 0.25) is 6.23 Å². The predicted octanol–water partition coefficient (Wildman–Crippen LogP) is 2.83. The van der Waals surface area contributed by atoms with E-state index in [-0.39, 0.29) is 6.23 Å². The Labute approximate surface area is 96.0 Å². The minimum absolute atomic E-state index is 0.0636. The van der Waals surface area contributed by atoms with Crippen LogP contribution in [0.4, 0.5) is 0 Å². The quantitative estimate of drug-likeness (QED) is 0.670. The number of nitrogens with zero attached hydrogens (tertiary/aromatic N) is 1. The maximum Gasteiger partial charge on any atom is 0.221 e. The molecule has 2 atom stereocenters. The van der Waals surface area contributed by atoms with Crippen LogP contribution in [0.25, 0.3) is 0 Å². The molecule has 0 aliphatic carbocycles. The molecule has 0 amide bonds. The minimum Gasteiger partial charge on any atom is -0.319 e. The molecule has 1 aromatic carbocycles. The first-order valence-electron chi connectivity index (χ1n) is 5.23. The first-order chi connectivity index (χ1) is 7.03. The van der Waals surface area contributed by atoms with Gasteiger partial charge in [0.25, 0.3) is 0 Å². The summed E-state index contributed by atoms with van der Waals surface area (Å²) in [5, 5.41) is 0.794. The molecule has 3 heteroatoms. The molecule has 0 saturated carbocycles. The number of quaternary nitrogens is 1. The molecule has 1 saturated heterocycles. The molecular weight excluding hydrogens is 210 g/mol. The summed E-state index contributed by atoms with van der Waals surface area (Å²) in [5.41, 5.74) is 1.09. The predicted molar refractivity (Wildman–Crippen MR) is 61.7 cm³/mol. The lowest BCUT2D eigenvalue weighted by atomic mass is 10.1.